The lowest BCUT2D eigenvalue weighted by Crippen LogP contribution is -2.24. The van der Waals surface area contributed by atoms with Gasteiger partial charge >= 0.3 is 0 Å². The quantitative estimate of drug-likeness (QED) is 0.641. The van der Waals surface area contributed by atoms with E-state index in [1.165, 1.54) is 13.1 Å². The highest BCUT2D eigenvalue weighted by Crippen LogP contribution is 2.31. The Bertz CT molecular complexity index is 320. The molecule has 1 rings (SSSR count). The number of halogens is 2. The van der Waals surface area contributed by atoms with Crippen molar-refractivity contribution in [3.05, 3.63) is 19.2 Å². The molecular weight excluding hydrogens is 368 g/mol. The van der Waals surface area contributed by atoms with Crippen molar-refractivity contribution in [3.63, 3.8) is 0 Å². The van der Waals surface area contributed by atoms with Crippen molar-refractivity contribution in [1.29, 1.82) is 0 Å². The van der Waals surface area contributed by atoms with E-state index in [2.05, 4.69) is 48.6 Å². The summed E-state index contributed by atoms with van der Waals surface area (Å²) >= 11 is 8.74. The molecule has 0 saturated heterocycles. The zero-order valence-corrected chi connectivity index (χ0v) is 13.9. The Morgan fingerprint density at radius 1 is 1.24 bits per heavy atom. The summed E-state index contributed by atoms with van der Waals surface area (Å²) in [7, 11) is 1.72. The van der Waals surface area contributed by atoms with E-state index < -0.39 is 0 Å². The van der Waals surface area contributed by atoms with E-state index in [0.717, 1.165) is 39.2 Å². The second-order valence-corrected chi connectivity index (χ2v) is 7.37. The lowest BCUT2D eigenvalue weighted by Gasteiger charge is -2.05. The Hall–Kier alpha value is 0.540. The van der Waals surface area contributed by atoms with E-state index in [-0.39, 0.29) is 0 Å². The van der Waals surface area contributed by atoms with Gasteiger partial charge in [-0.1, -0.05) is 0 Å². The van der Waals surface area contributed by atoms with Gasteiger partial charge < -0.3 is 15.4 Å². The standard InChI is InChI=1S/C11H18Br2N2OS/c1-16-6-5-14-3-2-4-15-8-9-7-10(12)17-11(9)13/h7,14-15H,2-6,8H2,1H3. The Labute approximate surface area is 124 Å². The van der Waals surface area contributed by atoms with Crippen LogP contribution in [0.2, 0.25) is 0 Å². The van der Waals surface area contributed by atoms with E-state index >= 15 is 0 Å². The molecule has 0 bridgehead atoms. The van der Waals surface area contributed by atoms with Gasteiger partial charge in [0.05, 0.1) is 14.2 Å². The molecular formula is C11H18Br2N2OS. The van der Waals surface area contributed by atoms with Crippen LogP contribution in [0.3, 0.4) is 0 Å². The second-order valence-electron chi connectivity index (χ2n) is 3.62. The first-order chi connectivity index (χ1) is 8.24. The number of ether oxygens (including phenoxy) is 1. The number of methoxy groups -OCH3 is 1. The molecule has 0 atom stereocenters. The molecule has 0 saturated carbocycles. The fourth-order valence-electron chi connectivity index (χ4n) is 1.36. The molecule has 1 heterocycles. The summed E-state index contributed by atoms with van der Waals surface area (Å²) in [5.41, 5.74) is 1.31. The summed E-state index contributed by atoms with van der Waals surface area (Å²) in [6.07, 6.45) is 1.13. The van der Waals surface area contributed by atoms with Gasteiger partial charge in [0.25, 0.3) is 0 Å². The average Bonchev–Trinajstić information content (AvgIpc) is 2.61. The minimum Gasteiger partial charge on any atom is -0.383 e. The highest BCUT2D eigenvalue weighted by Gasteiger charge is 2.03. The summed E-state index contributed by atoms with van der Waals surface area (Å²) in [5.74, 6) is 0. The first-order valence-electron chi connectivity index (χ1n) is 5.58. The van der Waals surface area contributed by atoms with Gasteiger partial charge in [-0.05, 0) is 63.0 Å². The van der Waals surface area contributed by atoms with Gasteiger partial charge in [-0.15, -0.1) is 11.3 Å². The van der Waals surface area contributed by atoms with Crippen LogP contribution in [-0.2, 0) is 11.3 Å². The maximum absolute atomic E-state index is 4.96. The normalized spacial score (nSPS) is 11.0. The fourth-order valence-corrected chi connectivity index (χ4v) is 4.18. The van der Waals surface area contributed by atoms with Crippen LogP contribution >= 0.6 is 43.2 Å². The van der Waals surface area contributed by atoms with Crippen molar-refractivity contribution in [3.8, 4) is 0 Å². The Balaban J connectivity index is 1.99. The molecule has 0 aromatic carbocycles. The predicted octanol–water partition coefficient (Wildman–Crippen LogP) is 2.99. The molecule has 0 amide bonds. The number of hydrogen-bond donors (Lipinski definition) is 2. The maximum atomic E-state index is 4.96. The third kappa shape index (κ3) is 6.88. The van der Waals surface area contributed by atoms with E-state index in [9.17, 15) is 0 Å². The van der Waals surface area contributed by atoms with Crippen LogP contribution in [0, 0.1) is 0 Å². The molecule has 0 aliphatic heterocycles. The fraction of sp³-hybridized carbons (Fsp3) is 0.636. The predicted molar refractivity (Wildman–Crippen MR) is 80.8 cm³/mol. The molecule has 1 aromatic rings. The molecule has 3 nitrogen and oxygen atoms in total. The molecule has 0 unspecified atom stereocenters. The summed E-state index contributed by atoms with van der Waals surface area (Å²) in [4.78, 5) is 0. The molecule has 0 aliphatic rings. The summed E-state index contributed by atoms with van der Waals surface area (Å²) in [6.45, 7) is 4.69. The monoisotopic (exact) mass is 384 g/mol. The SMILES string of the molecule is COCCNCCCNCc1cc(Br)sc1Br. The molecule has 2 N–H and O–H groups in total. The molecule has 0 fully saturated rings. The van der Waals surface area contributed by atoms with Gasteiger partial charge in [0.2, 0.25) is 0 Å². The zero-order chi connectivity index (χ0) is 12.5. The van der Waals surface area contributed by atoms with Gasteiger partial charge in [-0.3, -0.25) is 0 Å². The van der Waals surface area contributed by atoms with Crippen molar-refractivity contribution in [2.24, 2.45) is 0 Å². The van der Waals surface area contributed by atoms with E-state index in [4.69, 9.17) is 4.74 Å². The van der Waals surface area contributed by atoms with Crippen LogP contribution in [0.25, 0.3) is 0 Å². The summed E-state index contributed by atoms with van der Waals surface area (Å²) in [5, 5.41) is 6.75. The van der Waals surface area contributed by atoms with Crippen molar-refractivity contribution in [2.45, 2.75) is 13.0 Å². The van der Waals surface area contributed by atoms with Gasteiger partial charge in [0, 0.05) is 20.2 Å². The van der Waals surface area contributed by atoms with Crippen molar-refractivity contribution < 1.29 is 4.74 Å². The van der Waals surface area contributed by atoms with E-state index in [0.29, 0.717) is 0 Å². The first-order valence-corrected chi connectivity index (χ1v) is 7.98. The largest absolute Gasteiger partial charge is 0.383 e. The lowest BCUT2D eigenvalue weighted by molar-refractivity contribution is 0.199. The molecule has 1 aromatic heterocycles. The van der Waals surface area contributed by atoms with Gasteiger partial charge in [0.15, 0.2) is 0 Å². The Morgan fingerprint density at radius 2 is 2.00 bits per heavy atom. The Kier molecular flexibility index (Phi) is 8.69. The van der Waals surface area contributed by atoms with Crippen molar-refractivity contribution in [1.82, 2.24) is 10.6 Å². The topological polar surface area (TPSA) is 33.3 Å². The first kappa shape index (κ1) is 15.6. The van der Waals surface area contributed by atoms with Gasteiger partial charge in [-0.2, -0.15) is 0 Å². The van der Waals surface area contributed by atoms with Crippen LogP contribution in [0.1, 0.15) is 12.0 Å². The smallest absolute Gasteiger partial charge is 0.0755 e. The molecule has 0 radical (unpaired) electrons. The highest BCUT2D eigenvalue weighted by molar-refractivity contribution is 9.12. The molecule has 6 heteroatoms. The Morgan fingerprint density at radius 3 is 2.65 bits per heavy atom. The van der Waals surface area contributed by atoms with E-state index in [1.807, 2.05) is 0 Å². The van der Waals surface area contributed by atoms with Crippen molar-refractivity contribution in [2.75, 3.05) is 33.4 Å². The summed E-state index contributed by atoms with van der Waals surface area (Å²) < 4.78 is 7.33. The minimum absolute atomic E-state index is 0.781. The van der Waals surface area contributed by atoms with Crippen LogP contribution < -0.4 is 10.6 Å². The van der Waals surface area contributed by atoms with Crippen LogP contribution in [0.15, 0.2) is 13.6 Å². The molecule has 0 spiro atoms. The minimum atomic E-state index is 0.781. The van der Waals surface area contributed by atoms with Crippen molar-refractivity contribution >= 4 is 43.2 Å². The number of nitrogens with one attached hydrogen (secondary N) is 2. The number of hydrogen-bond acceptors (Lipinski definition) is 4. The average molecular weight is 386 g/mol. The van der Waals surface area contributed by atoms with Gasteiger partial charge in [-0.25, -0.2) is 0 Å². The highest BCUT2D eigenvalue weighted by atomic mass is 79.9. The van der Waals surface area contributed by atoms with Crippen LogP contribution in [0.4, 0.5) is 0 Å². The second kappa shape index (κ2) is 9.47. The number of thiophene rings is 1. The molecule has 17 heavy (non-hydrogen) atoms. The van der Waals surface area contributed by atoms with Crippen LogP contribution in [0.5, 0.6) is 0 Å². The third-order valence-electron chi connectivity index (χ3n) is 2.23. The van der Waals surface area contributed by atoms with E-state index in [1.54, 1.807) is 18.4 Å². The zero-order valence-electron chi connectivity index (χ0n) is 9.89. The number of rotatable bonds is 9. The molecule has 98 valence electrons. The lowest BCUT2D eigenvalue weighted by atomic mass is 10.3. The maximum Gasteiger partial charge on any atom is 0.0755 e. The van der Waals surface area contributed by atoms with Gasteiger partial charge in [0.1, 0.15) is 0 Å². The third-order valence-corrected chi connectivity index (χ3v) is 4.70. The molecule has 0 aliphatic carbocycles. The summed E-state index contributed by atoms with van der Waals surface area (Å²) in [6, 6.07) is 2.15. The van der Waals surface area contributed by atoms with Crippen LogP contribution in [-0.4, -0.2) is 33.4 Å².